The summed E-state index contributed by atoms with van der Waals surface area (Å²) in [5.74, 6) is -0.0784. The Morgan fingerprint density at radius 1 is 1.44 bits per heavy atom. The fourth-order valence-electron chi connectivity index (χ4n) is 1.79. The molecule has 1 amide bonds. The van der Waals surface area contributed by atoms with Crippen LogP contribution in [0.1, 0.15) is 19.3 Å². The minimum absolute atomic E-state index is 0.0784. The van der Waals surface area contributed by atoms with Crippen molar-refractivity contribution >= 4 is 17.3 Å². The van der Waals surface area contributed by atoms with Crippen LogP contribution in [0.5, 0.6) is 0 Å². The minimum Gasteiger partial charge on any atom is -0.399 e. The third kappa shape index (κ3) is 2.73. The average molecular weight is 220 g/mol. The maximum Gasteiger partial charge on any atom is 0.253 e. The molecule has 1 aromatic carbocycles. The Kier molecular flexibility index (Phi) is 3.41. The Bertz CT molecular complexity index is 373. The zero-order valence-electron chi connectivity index (χ0n) is 9.11. The summed E-state index contributed by atoms with van der Waals surface area (Å²) in [6.07, 6.45) is 2.58. The van der Waals surface area contributed by atoms with E-state index < -0.39 is 0 Å². The molecule has 0 bridgehead atoms. The predicted molar refractivity (Wildman–Crippen MR) is 63.1 cm³/mol. The molecule has 1 unspecified atom stereocenters. The van der Waals surface area contributed by atoms with Crippen LogP contribution in [0.25, 0.3) is 0 Å². The molecule has 0 spiro atoms. The minimum atomic E-state index is -0.310. The molecule has 0 radical (unpaired) electrons. The standard InChI is InChI=1S/C12H16N2O2/c13-9-4-3-5-10(8-9)14-12(15)11-6-1-2-7-16-11/h3-5,8,11H,1-2,6-7,13H2,(H,14,15). The highest BCUT2D eigenvalue weighted by Crippen LogP contribution is 2.16. The van der Waals surface area contributed by atoms with Gasteiger partial charge < -0.3 is 15.8 Å². The quantitative estimate of drug-likeness (QED) is 0.747. The van der Waals surface area contributed by atoms with Crippen LogP contribution in [-0.4, -0.2) is 18.6 Å². The number of amides is 1. The largest absolute Gasteiger partial charge is 0.399 e. The van der Waals surface area contributed by atoms with Crippen LogP contribution in [0.15, 0.2) is 24.3 Å². The molecule has 4 nitrogen and oxygen atoms in total. The molecule has 0 saturated carbocycles. The summed E-state index contributed by atoms with van der Waals surface area (Å²) in [5.41, 5.74) is 6.99. The zero-order chi connectivity index (χ0) is 11.4. The Labute approximate surface area is 94.8 Å². The van der Waals surface area contributed by atoms with Gasteiger partial charge >= 0.3 is 0 Å². The van der Waals surface area contributed by atoms with Crippen LogP contribution >= 0.6 is 0 Å². The molecule has 0 aliphatic carbocycles. The fraction of sp³-hybridized carbons (Fsp3) is 0.417. The van der Waals surface area contributed by atoms with Crippen molar-refractivity contribution in [1.82, 2.24) is 0 Å². The van der Waals surface area contributed by atoms with Crippen molar-refractivity contribution in [1.29, 1.82) is 0 Å². The number of hydrogen-bond donors (Lipinski definition) is 2. The van der Waals surface area contributed by atoms with Gasteiger partial charge in [0.2, 0.25) is 0 Å². The normalized spacial score (nSPS) is 20.4. The summed E-state index contributed by atoms with van der Waals surface area (Å²) in [4.78, 5) is 11.8. The lowest BCUT2D eigenvalue weighted by atomic mass is 10.1. The first-order valence-electron chi connectivity index (χ1n) is 5.54. The van der Waals surface area contributed by atoms with E-state index in [1.807, 2.05) is 12.1 Å². The van der Waals surface area contributed by atoms with Gasteiger partial charge in [-0.3, -0.25) is 4.79 Å². The number of hydrogen-bond acceptors (Lipinski definition) is 3. The van der Waals surface area contributed by atoms with Crippen LogP contribution in [-0.2, 0) is 9.53 Å². The van der Waals surface area contributed by atoms with Crippen molar-refractivity contribution in [3.05, 3.63) is 24.3 Å². The first-order valence-corrected chi connectivity index (χ1v) is 5.54. The van der Waals surface area contributed by atoms with Gasteiger partial charge in [-0.15, -0.1) is 0 Å². The molecule has 1 saturated heterocycles. The molecule has 4 heteroatoms. The van der Waals surface area contributed by atoms with E-state index in [2.05, 4.69) is 5.32 Å². The third-order valence-corrected chi connectivity index (χ3v) is 2.63. The van der Waals surface area contributed by atoms with E-state index in [1.165, 1.54) is 0 Å². The number of carbonyl (C=O) groups is 1. The van der Waals surface area contributed by atoms with Crippen LogP contribution in [0.3, 0.4) is 0 Å². The molecular weight excluding hydrogens is 204 g/mol. The number of anilines is 2. The van der Waals surface area contributed by atoms with Gasteiger partial charge in [-0.05, 0) is 37.5 Å². The molecule has 16 heavy (non-hydrogen) atoms. The van der Waals surface area contributed by atoms with E-state index in [9.17, 15) is 4.79 Å². The Hall–Kier alpha value is -1.55. The highest BCUT2D eigenvalue weighted by atomic mass is 16.5. The summed E-state index contributed by atoms with van der Waals surface area (Å²) in [6.45, 7) is 0.676. The number of nitrogens with two attached hydrogens (primary N) is 1. The number of nitrogen functional groups attached to an aromatic ring is 1. The predicted octanol–water partition coefficient (Wildman–Crippen LogP) is 1.78. The maximum absolute atomic E-state index is 11.8. The molecule has 1 aromatic rings. The van der Waals surface area contributed by atoms with Crippen molar-refractivity contribution in [2.75, 3.05) is 17.7 Å². The van der Waals surface area contributed by atoms with E-state index in [0.717, 1.165) is 24.9 Å². The molecule has 1 fully saturated rings. The lowest BCUT2D eigenvalue weighted by Crippen LogP contribution is -2.33. The maximum atomic E-state index is 11.8. The number of nitrogens with one attached hydrogen (secondary N) is 1. The van der Waals surface area contributed by atoms with E-state index in [4.69, 9.17) is 10.5 Å². The summed E-state index contributed by atoms with van der Waals surface area (Å²) < 4.78 is 5.40. The second-order valence-electron chi connectivity index (χ2n) is 3.97. The Balaban J connectivity index is 1.96. The SMILES string of the molecule is Nc1cccc(NC(=O)C2CCCCO2)c1. The number of benzene rings is 1. The van der Waals surface area contributed by atoms with Crippen LogP contribution in [0.2, 0.25) is 0 Å². The number of carbonyl (C=O) groups excluding carboxylic acids is 1. The zero-order valence-corrected chi connectivity index (χ0v) is 9.11. The Morgan fingerprint density at radius 2 is 2.31 bits per heavy atom. The summed E-state index contributed by atoms with van der Waals surface area (Å²) in [6, 6.07) is 7.15. The van der Waals surface area contributed by atoms with Gasteiger partial charge in [0.05, 0.1) is 0 Å². The van der Waals surface area contributed by atoms with Gasteiger partial charge in [0, 0.05) is 18.0 Å². The van der Waals surface area contributed by atoms with Gasteiger partial charge in [0.1, 0.15) is 6.10 Å². The van der Waals surface area contributed by atoms with Crippen molar-refractivity contribution in [2.24, 2.45) is 0 Å². The van der Waals surface area contributed by atoms with Crippen LogP contribution in [0, 0.1) is 0 Å². The molecular formula is C12H16N2O2. The number of rotatable bonds is 2. The Morgan fingerprint density at radius 3 is 3.00 bits per heavy atom. The van der Waals surface area contributed by atoms with E-state index in [-0.39, 0.29) is 12.0 Å². The molecule has 1 atom stereocenters. The van der Waals surface area contributed by atoms with E-state index in [0.29, 0.717) is 12.3 Å². The highest BCUT2D eigenvalue weighted by molar-refractivity contribution is 5.94. The van der Waals surface area contributed by atoms with Crippen LogP contribution in [0.4, 0.5) is 11.4 Å². The first-order chi connectivity index (χ1) is 7.75. The van der Waals surface area contributed by atoms with E-state index >= 15 is 0 Å². The second kappa shape index (κ2) is 4.99. The van der Waals surface area contributed by atoms with Gasteiger partial charge in [0.15, 0.2) is 0 Å². The first kappa shape index (κ1) is 11.0. The van der Waals surface area contributed by atoms with Crippen LogP contribution < -0.4 is 11.1 Å². The molecule has 1 aliphatic heterocycles. The summed E-state index contributed by atoms with van der Waals surface area (Å²) >= 11 is 0. The third-order valence-electron chi connectivity index (χ3n) is 2.63. The number of ether oxygens (including phenoxy) is 1. The molecule has 1 heterocycles. The van der Waals surface area contributed by atoms with Gasteiger partial charge in [0.25, 0.3) is 5.91 Å². The molecule has 0 aromatic heterocycles. The lowest BCUT2D eigenvalue weighted by Gasteiger charge is -2.21. The van der Waals surface area contributed by atoms with Crippen molar-refractivity contribution in [3.63, 3.8) is 0 Å². The van der Waals surface area contributed by atoms with Gasteiger partial charge in [-0.1, -0.05) is 6.07 Å². The molecule has 1 aliphatic rings. The highest BCUT2D eigenvalue weighted by Gasteiger charge is 2.21. The molecule has 3 N–H and O–H groups in total. The van der Waals surface area contributed by atoms with Crippen molar-refractivity contribution in [2.45, 2.75) is 25.4 Å². The summed E-state index contributed by atoms with van der Waals surface area (Å²) in [5, 5.41) is 2.81. The lowest BCUT2D eigenvalue weighted by molar-refractivity contribution is -0.129. The van der Waals surface area contributed by atoms with Gasteiger partial charge in [-0.25, -0.2) is 0 Å². The van der Waals surface area contributed by atoms with Crippen molar-refractivity contribution < 1.29 is 9.53 Å². The topological polar surface area (TPSA) is 64.3 Å². The summed E-state index contributed by atoms with van der Waals surface area (Å²) in [7, 11) is 0. The molecule has 2 rings (SSSR count). The molecule has 86 valence electrons. The fourth-order valence-corrected chi connectivity index (χ4v) is 1.79. The average Bonchev–Trinajstić information content (AvgIpc) is 2.30. The monoisotopic (exact) mass is 220 g/mol. The van der Waals surface area contributed by atoms with Crippen molar-refractivity contribution in [3.8, 4) is 0 Å². The van der Waals surface area contributed by atoms with E-state index in [1.54, 1.807) is 12.1 Å². The smallest absolute Gasteiger partial charge is 0.253 e. The second-order valence-corrected chi connectivity index (χ2v) is 3.97. The van der Waals surface area contributed by atoms with Gasteiger partial charge in [-0.2, -0.15) is 0 Å².